The van der Waals surface area contributed by atoms with Gasteiger partial charge in [-0.2, -0.15) is 0 Å². The molecular formula is C12H16FN3O. The highest BCUT2D eigenvalue weighted by Gasteiger charge is 2.10. The third-order valence-electron chi connectivity index (χ3n) is 2.50. The van der Waals surface area contributed by atoms with Crippen molar-refractivity contribution in [2.75, 3.05) is 25.0 Å². The number of anilines is 1. The topological polar surface area (TPSA) is 56.6 Å². The summed E-state index contributed by atoms with van der Waals surface area (Å²) in [5.41, 5.74) is 1.15. The summed E-state index contributed by atoms with van der Waals surface area (Å²) in [5, 5.41) is 15.1. The molecule has 1 aliphatic heterocycles. The number of rotatable bonds is 4. The van der Waals surface area contributed by atoms with Gasteiger partial charge in [-0.3, -0.25) is 4.99 Å². The standard InChI is InChI=1S/C12H16FN3O/c1-8(17)7-16-11-3-2-9(6-10(11)13)12-14-4-5-15-12/h2-3,6,8,16-17H,4-5,7H2,1H3,(H,14,15). The number of aliphatic hydroxyl groups is 1. The van der Waals surface area contributed by atoms with Crippen molar-refractivity contribution in [1.29, 1.82) is 0 Å². The molecule has 0 radical (unpaired) electrons. The van der Waals surface area contributed by atoms with Gasteiger partial charge in [0.2, 0.25) is 0 Å². The van der Waals surface area contributed by atoms with Crippen molar-refractivity contribution < 1.29 is 9.50 Å². The minimum Gasteiger partial charge on any atom is -0.392 e. The molecular weight excluding hydrogens is 221 g/mol. The summed E-state index contributed by atoms with van der Waals surface area (Å²) in [6.07, 6.45) is -0.505. The van der Waals surface area contributed by atoms with E-state index in [2.05, 4.69) is 15.6 Å². The zero-order valence-corrected chi connectivity index (χ0v) is 9.70. The van der Waals surface area contributed by atoms with E-state index in [0.29, 0.717) is 12.2 Å². The molecule has 1 aromatic rings. The number of nitrogens with zero attached hydrogens (tertiary/aromatic N) is 1. The van der Waals surface area contributed by atoms with Crippen LogP contribution in [0.1, 0.15) is 12.5 Å². The van der Waals surface area contributed by atoms with E-state index in [0.717, 1.165) is 24.5 Å². The SMILES string of the molecule is CC(O)CNc1ccc(C2=NCCN2)cc1F. The molecule has 17 heavy (non-hydrogen) atoms. The molecule has 0 fully saturated rings. The normalized spacial score (nSPS) is 16.3. The highest BCUT2D eigenvalue weighted by atomic mass is 19.1. The minimum absolute atomic E-state index is 0.329. The molecule has 5 heteroatoms. The summed E-state index contributed by atoms with van der Waals surface area (Å²) in [4.78, 5) is 4.23. The number of aliphatic hydroxyl groups excluding tert-OH is 1. The van der Waals surface area contributed by atoms with Gasteiger partial charge in [-0.1, -0.05) is 0 Å². The van der Waals surface area contributed by atoms with E-state index in [-0.39, 0.29) is 5.82 Å². The largest absolute Gasteiger partial charge is 0.392 e. The van der Waals surface area contributed by atoms with E-state index in [1.54, 1.807) is 13.0 Å². The van der Waals surface area contributed by atoms with Gasteiger partial charge in [-0.25, -0.2) is 4.39 Å². The van der Waals surface area contributed by atoms with Crippen LogP contribution in [0.15, 0.2) is 23.2 Å². The maximum absolute atomic E-state index is 13.7. The first-order valence-corrected chi connectivity index (χ1v) is 5.67. The van der Waals surface area contributed by atoms with Crippen LogP contribution in [0.5, 0.6) is 0 Å². The fourth-order valence-corrected chi connectivity index (χ4v) is 1.65. The zero-order valence-electron chi connectivity index (χ0n) is 9.70. The summed E-state index contributed by atoms with van der Waals surface area (Å²) in [7, 11) is 0. The molecule has 1 aliphatic rings. The van der Waals surface area contributed by atoms with Crippen LogP contribution in [0, 0.1) is 5.82 Å². The van der Waals surface area contributed by atoms with Crippen LogP contribution >= 0.6 is 0 Å². The van der Waals surface area contributed by atoms with Crippen molar-refractivity contribution in [3.63, 3.8) is 0 Å². The van der Waals surface area contributed by atoms with Gasteiger partial charge in [0.1, 0.15) is 11.7 Å². The maximum Gasteiger partial charge on any atom is 0.147 e. The van der Waals surface area contributed by atoms with Gasteiger partial charge < -0.3 is 15.7 Å². The average molecular weight is 237 g/mol. The van der Waals surface area contributed by atoms with E-state index in [1.165, 1.54) is 6.07 Å². The summed E-state index contributed by atoms with van der Waals surface area (Å²) in [6.45, 7) is 3.52. The number of halogens is 1. The Bertz CT molecular complexity index is 432. The minimum atomic E-state index is -0.505. The van der Waals surface area contributed by atoms with E-state index in [9.17, 15) is 4.39 Å². The lowest BCUT2D eigenvalue weighted by Gasteiger charge is -2.10. The molecule has 3 N–H and O–H groups in total. The highest BCUT2D eigenvalue weighted by Crippen LogP contribution is 2.16. The number of benzene rings is 1. The number of amidine groups is 1. The van der Waals surface area contributed by atoms with Crippen LogP contribution in [0.25, 0.3) is 0 Å². The van der Waals surface area contributed by atoms with Gasteiger partial charge in [-0.15, -0.1) is 0 Å². The molecule has 2 rings (SSSR count). The molecule has 1 unspecified atom stereocenters. The second-order valence-corrected chi connectivity index (χ2v) is 4.08. The second kappa shape index (κ2) is 5.14. The van der Waals surface area contributed by atoms with E-state index in [4.69, 9.17) is 5.11 Å². The average Bonchev–Trinajstić information content (AvgIpc) is 2.80. The van der Waals surface area contributed by atoms with Crippen LogP contribution < -0.4 is 10.6 Å². The first-order valence-electron chi connectivity index (χ1n) is 5.67. The maximum atomic E-state index is 13.7. The zero-order chi connectivity index (χ0) is 12.3. The lowest BCUT2D eigenvalue weighted by atomic mass is 10.1. The third kappa shape index (κ3) is 2.94. The van der Waals surface area contributed by atoms with Crippen molar-refractivity contribution in [2.24, 2.45) is 4.99 Å². The number of aliphatic imine (C=N–C) groups is 1. The van der Waals surface area contributed by atoms with Crippen LogP contribution in [-0.2, 0) is 0 Å². The first kappa shape index (κ1) is 11.9. The molecule has 92 valence electrons. The Labute approximate surface area is 99.6 Å². The molecule has 0 amide bonds. The molecule has 0 spiro atoms. The van der Waals surface area contributed by atoms with Gasteiger partial charge in [0, 0.05) is 18.7 Å². The van der Waals surface area contributed by atoms with Crippen molar-refractivity contribution in [3.8, 4) is 0 Å². The molecule has 0 saturated heterocycles. The highest BCUT2D eigenvalue weighted by molar-refractivity contribution is 6.00. The quantitative estimate of drug-likeness (QED) is 0.731. The van der Waals surface area contributed by atoms with Crippen molar-refractivity contribution in [1.82, 2.24) is 5.32 Å². The molecule has 1 heterocycles. The van der Waals surface area contributed by atoms with Crippen LogP contribution in [-0.4, -0.2) is 36.7 Å². The Kier molecular flexibility index (Phi) is 3.58. The molecule has 0 bridgehead atoms. The third-order valence-corrected chi connectivity index (χ3v) is 2.50. The van der Waals surface area contributed by atoms with Gasteiger partial charge >= 0.3 is 0 Å². The first-order chi connectivity index (χ1) is 8.16. The van der Waals surface area contributed by atoms with Crippen LogP contribution in [0.3, 0.4) is 0 Å². The Hall–Kier alpha value is -1.62. The Morgan fingerprint density at radius 2 is 2.41 bits per heavy atom. The Morgan fingerprint density at radius 1 is 1.59 bits per heavy atom. The predicted octanol–water partition coefficient (Wildman–Crippen LogP) is 0.968. The number of hydrogen-bond acceptors (Lipinski definition) is 4. The van der Waals surface area contributed by atoms with Gasteiger partial charge in [0.25, 0.3) is 0 Å². The smallest absolute Gasteiger partial charge is 0.147 e. The van der Waals surface area contributed by atoms with E-state index in [1.807, 2.05) is 6.07 Å². The van der Waals surface area contributed by atoms with Crippen LogP contribution in [0.4, 0.5) is 10.1 Å². The van der Waals surface area contributed by atoms with Crippen LogP contribution in [0.2, 0.25) is 0 Å². The lowest BCUT2D eigenvalue weighted by molar-refractivity contribution is 0.208. The molecule has 1 atom stereocenters. The monoisotopic (exact) mass is 237 g/mol. The Balaban J connectivity index is 2.11. The second-order valence-electron chi connectivity index (χ2n) is 4.08. The fraction of sp³-hybridized carbons (Fsp3) is 0.417. The van der Waals surface area contributed by atoms with Crippen molar-refractivity contribution in [3.05, 3.63) is 29.6 Å². The Morgan fingerprint density at radius 3 is 3.00 bits per heavy atom. The summed E-state index contributed by atoms with van der Waals surface area (Å²) in [5.74, 6) is 0.408. The molecule has 0 aromatic heterocycles. The van der Waals surface area contributed by atoms with E-state index >= 15 is 0 Å². The van der Waals surface area contributed by atoms with Gasteiger partial charge in [0.05, 0.1) is 18.3 Å². The fourth-order valence-electron chi connectivity index (χ4n) is 1.65. The van der Waals surface area contributed by atoms with Crippen molar-refractivity contribution >= 4 is 11.5 Å². The molecule has 4 nitrogen and oxygen atoms in total. The lowest BCUT2D eigenvalue weighted by Crippen LogP contribution is -2.20. The predicted molar refractivity (Wildman–Crippen MR) is 66.0 cm³/mol. The summed E-state index contributed by atoms with van der Waals surface area (Å²) >= 11 is 0. The molecule has 1 aromatic carbocycles. The van der Waals surface area contributed by atoms with Gasteiger partial charge in [-0.05, 0) is 25.1 Å². The van der Waals surface area contributed by atoms with Crippen molar-refractivity contribution in [2.45, 2.75) is 13.0 Å². The number of nitrogens with one attached hydrogen (secondary N) is 2. The number of hydrogen-bond donors (Lipinski definition) is 3. The van der Waals surface area contributed by atoms with E-state index < -0.39 is 6.10 Å². The molecule has 0 aliphatic carbocycles. The van der Waals surface area contributed by atoms with Gasteiger partial charge in [0.15, 0.2) is 0 Å². The summed E-state index contributed by atoms with van der Waals surface area (Å²) in [6, 6.07) is 4.92. The summed E-state index contributed by atoms with van der Waals surface area (Å²) < 4.78 is 13.7. The molecule has 0 saturated carbocycles.